The number of imidazole rings is 1. The SMILES string of the molecule is Cc1nc(N(C)C)c2ncn([C@@H]3OC(CO)(CO)C(O[Si](C)(C)C(C)(C)C)[C@H]3F)c2n1. The molecule has 0 amide bonds. The van der Waals surface area contributed by atoms with Crippen molar-refractivity contribution in [2.24, 2.45) is 0 Å². The van der Waals surface area contributed by atoms with Crippen LogP contribution < -0.4 is 4.90 Å². The molecule has 3 heterocycles. The number of aliphatic hydroxyl groups is 2. The molecule has 0 aliphatic carbocycles. The molecular weight excluding hydrogens is 421 g/mol. The van der Waals surface area contributed by atoms with Crippen molar-refractivity contribution in [1.82, 2.24) is 19.5 Å². The second-order valence-corrected chi connectivity index (χ2v) is 14.7. The van der Waals surface area contributed by atoms with Crippen LogP contribution >= 0.6 is 0 Å². The van der Waals surface area contributed by atoms with Crippen molar-refractivity contribution < 1.29 is 23.8 Å². The van der Waals surface area contributed by atoms with Crippen LogP contribution in [-0.2, 0) is 9.16 Å². The van der Waals surface area contributed by atoms with E-state index in [4.69, 9.17) is 9.16 Å². The highest BCUT2D eigenvalue weighted by atomic mass is 28.4. The van der Waals surface area contributed by atoms with Gasteiger partial charge in [-0.05, 0) is 25.1 Å². The molecule has 0 radical (unpaired) electrons. The van der Waals surface area contributed by atoms with E-state index in [1.807, 2.05) is 52.9 Å². The second-order valence-electron chi connectivity index (χ2n) is 9.95. The molecule has 9 nitrogen and oxygen atoms in total. The summed E-state index contributed by atoms with van der Waals surface area (Å²) in [5.41, 5.74) is -0.650. The van der Waals surface area contributed by atoms with Crippen LogP contribution in [0.1, 0.15) is 32.8 Å². The van der Waals surface area contributed by atoms with E-state index < -0.39 is 45.6 Å². The summed E-state index contributed by atoms with van der Waals surface area (Å²) in [5.74, 6) is 1.12. The van der Waals surface area contributed by atoms with Gasteiger partial charge < -0.3 is 24.3 Å². The first-order valence-electron chi connectivity index (χ1n) is 10.4. The molecule has 1 unspecified atom stereocenters. The number of rotatable bonds is 6. The lowest BCUT2D eigenvalue weighted by atomic mass is 9.98. The summed E-state index contributed by atoms with van der Waals surface area (Å²) in [6, 6.07) is 0. The predicted molar refractivity (Wildman–Crippen MR) is 118 cm³/mol. The molecule has 3 atom stereocenters. The lowest BCUT2D eigenvalue weighted by Crippen LogP contribution is -2.56. The Labute approximate surface area is 183 Å². The molecule has 3 rings (SSSR count). The highest BCUT2D eigenvalue weighted by Gasteiger charge is 2.59. The minimum Gasteiger partial charge on any atom is -0.408 e. The molecule has 0 aromatic carbocycles. The van der Waals surface area contributed by atoms with E-state index in [-0.39, 0.29) is 5.04 Å². The zero-order chi connectivity index (χ0) is 23.4. The minimum absolute atomic E-state index is 0.186. The molecule has 1 aliphatic heterocycles. The van der Waals surface area contributed by atoms with Crippen molar-refractivity contribution >= 4 is 25.3 Å². The van der Waals surface area contributed by atoms with Crippen LogP contribution in [0.5, 0.6) is 0 Å². The fourth-order valence-electron chi connectivity index (χ4n) is 3.50. The normalized spacial score (nSPS) is 24.2. The van der Waals surface area contributed by atoms with Crippen LogP contribution in [0, 0.1) is 6.92 Å². The number of aromatic nitrogens is 4. The number of halogens is 1. The van der Waals surface area contributed by atoms with Gasteiger partial charge in [0.2, 0.25) is 0 Å². The van der Waals surface area contributed by atoms with E-state index in [0.29, 0.717) is 22.8 Å². The summed E-state index contributed by atoms with van der Waals surface area (Å²) in [6.45, 7) is 10.7. The monoisotopic (exact) mass is 455 g/mol. The molecule has 0 bridgehead atoms. The molecule has 31 heavy (non-hydrogen) atoms. The molecule has 0 spiro atoms. The summed E-state index contributed by atoms with van der Waals surface area (Å²) >= 11 is 0. The summed E-state index contributed by atoms with van der Waals surface area (Å²) in [5, 5.41) is 20.1. The van der Waals surface area contributed by atoms with Gasteiger partial charge >= 0.3 is 0 Å². The van der Waals surface area contributed by atoms with E-state index in [1.165, 1.54) is 10.9 Å². The quantitative estimate of drug-likeness (QED) is 0.639. The van der Waals surface area contributed by atoms with Gasteiger partial charge in [0, 0.05) is 14.1 Å². The molecule has 0 saturated carbocycles. The number of aliphatic hydroxyl groups excluding tert-OH is 2. The summed E-state index contributed by atoms with van der Waals surface area (Å²) < 4.78 is 29.8. The van der Waals surface area contributed by atoms with Crippen molar-refractivity contribution in [1.29, 1.82) is 0 Å². The van der Waals surface area contributed by atoms with Crippen molar-refractivity contribution in [2.45, 2.75) is 69.9 Å². The van der Waals surface area contributed by atoms with E-state index in [9.17, 15) is 10.2 Å². The first-order valence-corrected chi connectivity index (χ1v) is 13.3. The van der Waals surface area contributed by atoms with Gasteiger partial charge in [-0.1, -0.05) is 20.8 Å². The van der Waals surface area contributed by atoms with Crippen molar-refractivity contribution in [3.05, 3.63) is 12.2 Å². The Balaban J connectivity index is 2.08. The Morgan fingerprint density at radius 1 is 1.26 bits per heavy atom. The Kier molecular flexibility index (Phi) is 6.22. The molecule has 1 aliphatic rings. The van der Waals surface area contributed by atoms with Gasteiger partial charge in [-0.25, -0.2) is 19.3 Å². The lowest BCUT2D eigenvalue weighted by Gasteiger charge is -2.42. The van der Waals surface area contributed by atoms with E-state index in [0.717, 1.165) is 0 Å². The number of hydrogen-bond donors (Lipinski definition) is 2. The third-order valence-corrected chi connectivity index (χ3v) is 10.9. The smallest absolute Gasteiger partial charge is 0.192 e. The van der Waals surface area contributed by atoms with Gasteiger partial charge in [-0.3, -0.25) is 4.57 Å². The zero-order valence-electron chi connectivity index (χ0n) is 19.5. The number of alkyl halides is 1. The largest absolute Gasteiger partial charge is 0.408 e. The number of ether oxygens (including phenoxy) is 1. The first kappa shape index (κ1) is 24.0. The molecule has 2 N–H and O–H groups in total. The number of fused-ring (bicyclic) bond motifs is 1. The maximum absolute atomic E-state index is 15.9. The zero-order valence-corrected chi connectivity index (χ0v) is 20.5. The van der Waals surface area contributed by atoms with Crippen LogP contribution in [-0.4, -0.2) is 83.2 Å². The summed E-state index contributed by atoms with van der Waals surface area (Å²) in [7, 11) is 1.25. The van der Waals surface area contributed by atoms with Crippen LogP contribution in [0.25, 0.3) is 11.2 Å². The van der Waals surface area contributed by atoms with E-state index in [1.54, 1.807) is 6.92 Å². The number of nitrogens with zero attached hydrogens (tertiary/aromatic N) is 5. The molecule has 2 aromatic heterocycles. The van der Waals surface area contributed by atoms with Gasteiger partial charge in [0.25, 0.3) is 0 Å². The van der Waals surface area contributed by atoms with Gasteiger partial charge in [0.1, 0.15) is 17.5 Å². The fraction of sp³-hybridized carbons (Fsp3) is 0.750. The Bertz CT molecular complexity index is 942. The van der Waals surface area contributed by atoms with Crippen molar-refractivity contribution in [3.8, 4) is 0 Å². The van der Waals surface area contributed by atoms with Gasteiger partial charge in [0.15, 0.2) is 37.7 Å². The number of aryl methyl sites for hydroxylation is 1. The van der Waals surface area contributed by atoms with Gasteiger partial charge in [-0.2, -0.15) is 0 Å². The van der Waals surface area contributed by atoms with E-state index >= 15 is 4.39 Å². The Hall–Kier alpha value is -1.66. The second kappa shape index (κ2) is 8.04. The lowest BCUT2D eigenvalue weighted by molar-refractivity contribution is -0.146. The summed E-state index contributed by atoms with van der Waals surface area (Å²) in [4.78, 5) is 15.1. The average Bonchev–Trinajstić information content (AvgIpc) is 3.20. The standard InChI is InChI=1S/C20H34FN5O4Si/c1-12-23-16(25(5)6)14-17(24-12)26(11-22-14)18-13(21)15(20(9-27,10-28)29-18)30-31(7,8)19(2,3)4/h11,13,15,18,27-28H,9-10H2,1-8H3/t13-,15?,18-/m1/s1. The van der Waals surface area contributed by atoms with Crippen molar-refractivity contribution in [2.75, 3.05) is 32.2 Å². The maximum atomic E-state index is 15.9. The van der Waals surface area contributed by atoms with Crippen molar-refractivity contribution in [3.63, 3.8) is 0 Å². The maximum Gasteiger partial charge on any atom is 0.192 e. The Morgan fingerprint density at radius 3 is 2.39 bits per heavy atom. The average molecular weight is 456 g/mol. The van der Waals surface area contributed by atoms with Crippen LogP contribution in [0.3, 0.4) is 0 Å². The van der Waals surface area contributed by atoms with Gasteiger partial charge in [-0.15, -0.1) is 0 Å². The first-order chi connectivity index (χ1) is 14.3. The highest BCUT2D eigenvalue weighted by Crippen LogP contribution is 2.46. The third kappa shape index (κ3) is 3.97. The van der Waals surface area contributed by atoms with Crippen LogP contribution in [0.2, 0.25) is 18.1 Å². The van der Waals surface area contributed by atoms with Crippen LogP contribution in [0.4, 0.5) is 10.2 Å². The van der Waals surface area contributed by atoms with Crippen LogP contribution in [0.15, 0.2) is 6.33 Å². The molecule has 11 heteroatoms. The number of hydrogen-bond acceptors (Lipinski definition) is 8. The molecule has 2 aromatic rings. The number of anilines is 1. The van der Waals surface area contributed by atoms with Gasteiger partial charge in [0.05, 0.1) is 19.5 Å². The molecule has 1 saturated heterocycles. The third-order valence-electron chi connectivity index (χ3n) is 6.41. The predicted octanol–water partition coefficient (Wildman–Crippen LogP) is 2.18. The molecule has 174 valence electrons. The highest BCUT2D eigenvalue weighted by molar-refractivity contribution is 6.74. The minimum atomic E-state index is -2.43. The fourth-order valence-corrected chi connectivity index (χ4v) is 4.83. The molecule has 1 fully saturated rings. The Morgan fingerprint density at radius 2 is 1.87 bits per heavy atom. The molecular formula is C20H34FN5O4Si. The topological polar surface area (TPSA) is 106 Å². The van der Waals surface area contributed by atoms with E-state index in [2.05, 4.69) is 15.0 Å². The summed E-state index contributed by atoms with van der Waals surface area (Å²) in [6.07, 6.45) is -2.49.